The SMILES string of the molecule is O=C(O)CC(NC(=O)CN1CCc2ccccc2C1=O)C(=O)CNS(=O)(=O)c1ccccc1. The van der Waals surface area contributed by atoms with Crippen LogP contribution >= 0.6 is 0 Å². The zero-order chi connectivity index (χ0) is 24.0. The molecule has 0 saturated carbocycles. The van der Waals surface area contributed by atoms with E-state index in [0.717, 1.165) is 5.56 Å². The van der Waals surface area contributed by atoms with Crippen molar-refractivity contribution in [1.29, 1.82) is 0 Å². The number of Topliss-reactive ketones (excluding diaryl/α,β-unsaturated/α-hetero) is 1. The Morgan fingerprint density at radius 1 is 1.03 bits per heavy atom. The lowest BCUT2D eigenvalue weighted by atomic mass is 9.99. The molecule has 0 radical (unpaired) electrons. The normalized spacial score (nSPS) is 14.3. The molecular formula is C22H23N3O7S. The quantitative estimate of drug-likeness (QED) is 0.446. The Labute approximate surface area is 190 Å². The van der Waals surface area contributed by atoms with E-state index >= 15 is 0 Å². The lowest BCUT2D eigenvalue weighted by Crippen LogP contribution is -2.50. The minimum absolute atomic E-state index is 0.0551. The van der Waals surface area contributed by atoms with Crippen LogP contribution in [0.2, 0.25) is 0 Å². The summed E-state index contributed by atoms with van der Waals surface area (Å²) in [5, 5.41) is 11.4. The van der Waals surface area contributed by atoms with E-state index in [0.29, 0.717) is 18.5 Å². The maximum Gasteiger partial charge on any atom is 0.305 e. The van der Waals surface area contributed by atoms with Crippen LogP contribution in [0.3, 0.4) is 0 Å². The van der Waals surface area contributed by atoms with Gasteiger partial charge < -0.3 is 15.3 Å². The molecule has 0 aromatic heterocycles. The second-order valence-electron chi connectivity index (χ2n) is 7.46. The molecule has 0 aliphatic carbocycles. The number of carboxylic acids is 1. The second kappa shape index (κ2) is 10.4. The van der Waals surface area contributed by atoms with Crippen molar-refractivity contribution in [3.63, 3.8) is 0 Å². The van der Waals surface area contributed by atoms with Crippen molar-refractivity contribution in [2.24, 2.45) is 0 Å². The fourth-order valence-electron chi connectivity index (χ4n) is 3.43. The molecule has 174 valence electrons. The van der Waals surface area contributed by atoms with Gasteiger partial charge in [-0.25, -0.2) is 13.1 Å². The summed E-state index contributed by atoms with van der Waals surface area (Å²) in [5.74, 6) is -3.21. The molecule has 2 aromatic rings. The molecule has 2 aromatic carbocycles. The van der Waals surface area contributed by atoms with Crippen LogP contribution in [0.25, 0.3) is 0 Å². The first-order valence-electron chi connectivity index (χ1n) is 10.1. The summed E-state index contributed by atoms with van der Waals surface area (Å²) in [7, 11) is -3.99. The van der Waals surface area contributed by atoms with E-state index in [-0.39, 0.29) is 17.3 Å². The predicted octanol–water partition coefficient (Wildman–Crippen LogP) is 0.192. The van der Waals surface area contributed by atoms with Crippen LogP contribution in [0.4, 0.5) is 0 Å². The first-order valence-corrected chi connectivity index (χ1v) is 11.6. The molecule has 1 unspecified atom stereocenters. The lowest BCUT2D eigenvalue weighted by molar-refractivity contribution is -0.140. The third-order valence-corrected chi connectivity index (χ3v) is 6.53. The Morgan fingerprint density at radius 2 is 1.70 bits per heavy atom. The van der Waals surface area contributed by atoms with Crippen molar-refractivity contribution in [3.8, 4) is 0 Å². The van der Waals surface area contributed by atoms with Gasteiger partial charge in [-0.3, -0.25) is 19.2 Å². The van der Waals surface area contributed by atoms with E-state index in [1.165, 1.54) is 29.2 Å². The van der Waals surface area contributed by atoms with Crippen molar-refractivity contribution in [1.82, 2.24) is 14.9 Å². The van der Waals surface area contributed by atoms with E-state index in [1.807, 2.05) is 12.1 Å². The van der Waals surface area contributed by atoms with Gasteiger partial charge in [0.05, 0.1) is 30.4 Å². The fraction of sp³-hybridized carbons (Fsp3) is 0.273. The lowest BCUT2D eigenvalue weighted by Gasteiger charge is -2.28. The van der Waals surface area contributed by atoms with E-state index in [4.69, 9.17) is 5.11 Å². The minimum atomic E-state index is -3.99. The molecule has 3 rings (SSSR count). The number of benzene rings is 2. The van der Waals surface area contributed by atoms with Gasteiger partial charge in [0, 0.05) is 12.1 Å². The van der Waals surface area contributed by atoms with Gasteiger partial charge in [0.25, 0.3) is 5.91 Å². The van der Waals surface area contributed by atoms with E-state index in [1.54, 1.807) is 18.2 Å². The molecule has 2 amide bonds. The standard InChI is InChI=1S/C22H23N3O7S/c26-19(13-23-33(31,32)16-7-2-1-3-8-16)18(12-21(28)29)24-20(27)14-25-11-10-15-6-4-5-9-17(15)22(25)30/h1-9,18,23H,10-14H2,(H,24,27)(H,28,29). The van der Waals surface area contributed by atoms with Gasteiger partial charge in [-0.05, 0) is 30.2 Å². The first kappa shape index (κ1) is 24.1. The highest BCUT2D eigenvalue weighted by atomic mass is 32.2. The molecule has 1 atom stereocenters. The van der Waals surface area contributed by atoms with Gasteiger partial charge in [-0.2, -0.15) is 0 Å². The van der Waals surface area contributed by atoms with Gasteiger partial charge in [0.1, 0.15) is 0 Å². The Hall–Kier alpha value is -3.57. The van der Waals surface area contributed by atoms with Gasteiger partial charge in [0.15, 0.2) is 5.78 Å². The fourth-order valence-corrected chi connectivity index (χ4v) is 4.45. The molecule has 1 aliphatic heterocycles. The van der Waals surface area contributed by atoms with Crippen LogP contribution in [0.1, 0.15) is 22.3 Å². The Bertz CT molecular complexity index is 1170. The molecule has 11 heteroatoms. The average molecular weight is 474 g/mol. The molecule has 3 N–H and O–H groups in total. The molecule has 10 nitrogen and oxygen atoms in total. The van der Waals surface area contributed by atoms with Crippen molar-refractivity contribution in [2.75, 3.05) is 19.6 Å². The summed E-state index contributed by atoms with van der Waals surface area (Å²) in [6.07, 6.45) is -0.164. The topological polar surface area (TPSA) is 150 Å². The molecular weight excluding hydrogens is 450 g/mol. The third-order valence-electron chi connectivity index (χ3n) is 5.11. The molecule has 1 aliphatic rings. The first-order chi connectivity index (χ1) is 15.7. The Balaban J connectivity index is 1.62. The smallest absolute Gasteiger partial charge is 0.305 e. The summed E-state index contributed by atoms with van der Waals surface area (Å²) in [4.78, 5) is 50.1. The number of rotatable bonds is 10. The predicted molar refractivity (Wildman–Crippen MR) is 117 cm³/mol. The average Bonchev–Trinajstić information content (AvgIpc) is 2.79. The monoisotopic (exact) mass is 473 g/mol. The van der Waals surface area contributed by atoms with Crippen molar-refractivity contribution in [2.45, 2.75) is 23.8 Å². The Morgan fingerprint density at radius 3 is 2.39 bits per heavy atom. The highest BCUT2D eigenvalue weighted by Gasteiger charge is 2.29. The van der Waals surface area contributed by atoms with Crippen LogP contribution < -0.4 is 10.0 Å². The van der Waals surface area contributed by atoms with E-state index in [9.17, 15) is 27.6 Å². The number of nitrogens with zero attached hydrogens (tertiary/aromatic N) is 1. The molecule has 0 fully saturated rings. The zero-order valence-corrected chi connectivity index (χ0v) is 18.4. The van der Waals surface area contributed by atoms with E-state index < -0.39 is 46.7 Å². The van der Waals surface area contributed by atoms with Crippen molar-refractivity contribution >= 4 is 33.6 Å². The van der Waals surface area contributed by atoms with Crippen molar-refractivity contribution in [3.05, 3.63) is 65.7 Å². The van der Waals surface area contributed by atoms with E-state index in [2.05, 4.69) is 10.0 Å². The Kier molecular flexibility index (Phi) is 7.56. The summed E-state index contributed by atoms with van der Waals surface area (Å²) in [6, 6.07) is 12.9. The number of sulfonamides is 1. The molecule has 33 heavy (non-hydrogen) atoms. The summed E-state index contributed by atoms with van der Waals surface area (Å²) >= 11 is 0. The summed E-state index contributed by atoms with van der Waals surface area (Å²) in [5.41, 5.74) is 1.37. The number of hydrogen-bond donors (Lipinski definition) is 3. The number of ketones is 1. The third kappa shape index (κ3) is 6.24. The maximum atomic E-state index is 12.6. The molecule has 0 bridgehead atoms. The van der Waals surface area contributed by atoms with Crippen LogP contribution in [-0.2, 0) is 30.8 Å². The highest BCUT2D eigenvalue weighted by molar-refractivity contribution is 7.89. The van der Waals surface area contributed by atoms with Crippen molar-refractivity contribution < 1.29 is 32.7 Å². The number of amides is 2. The molecule has 1 heterocycles. The number of carbonyl (C=O) groups is 4. The second-order valence-corrected chi connectivity index (χ2v) is 9.22. The van der Waals surface area contributed by atoms with Gasteiger partial charge in [0.2, 0.25) is 15.9 Å². The number of nitrogens with one attached hydrogen (secondary N) is 2. The number of carboxylic acid groups (broad SMARTS) is 1. The van der Waals surface area contributed by atoms with Crippen LogP contribution in [0.5, 0.6) is 0 Å². The summed E-state index contributed by atoms with van der Waals surface area (Å²) in [6.45, 7) is -0.754. The van der Waals surface area contributed by atoms with Crippen LogP contribution in [-0.4, -0.2) is 67.7 Å². The minimum Gasteiger partial charge on any atom is -0.481 e. The maximum absolute atomic E-state index is 12.6. The van der Waals surface area contributed by atoms with Gasteiger partial charge in [-0.1, -0.05) is 36.4 Å². The summed E-state index contributed by atoms with van der Waals surface area (Å²) < 4.78 is 26.7. The largest absolute Gasteiger partial charge is 0.481 e. The molecule has 0 saturated heterocycles. The zero-order valence-electron chi connectivity index (χ0n) is 17.6. The number of aliphatic carboxylic acids is 1. The van der Waals surface area contributed by atoms with Crippen LogP contribution in [0.15, 0.2) is 59.5 Å². The highest BCUT2D eigenvalue weighted by Crippen LogP contribution is 2.18. The van der Waals surface area contributed by atoms with Crippen LogP contribution in [0, 0.1) is 0 Å². The van der Waals surface area contributed by atoms with Gasteiger partial charge >= 0.3 is 5.97 Å². The number of hydrogen-bond acceptors (Lipinski definition) is 6. The van der Waals surface area contributed by atoms with Gasteiger partial charge in [-0.15, -0.1) is 0 Å². The number of fused-ring (bicyclic) bond motifs is 1. The molecule has 0 spiro atoms. The number of carbonyl (C=O) groups excluding carboxylic acids is 3.